The van der Waals surface area contributed by atoms with Crippen LogP contribution in [0.25, 0.3) is 27.8 Å². The smallest absolute Gasteiger partial charge is 0.260 e. The van der Waals surface area contributed by atoms with Crippen LogP contribution in [0.1, 0.15) is 0 Å². The highest BCUT2D eigenvalue weighted by molar-refractivity contribution is 6.35. The second kappa shape index (κ2) is 11.0. The maximum atomic E-state index is 12.9. The Morgan fingerprint density at radius 2 is 1.59 bits per heavy atom. The van der Waals surface area contributed by atoms with Crippen molar-refractivity contribution in [2.75, 3.05) is 37.7 Å². The number of para-hydroxylation sites is 1. The van der Waals surface area contributed by atoms with Gasteiger partial charge in [-0.1, -0.05) is 71.7 Å². The number of amides is 1. The first-order valence-electron chi connectivity index (χ1n) is 12.7. The molecule has 0 unspecified atom stereocenters. The summed E-state index contributed by atoms with van der Waals surface area (Å²) >= 11 is 12.1. The minimum atomic E-state index is -0.0892. The van der Waals surface area contributed by atoms with Gasteiger partial charge in [0.25, 0.3) is 5.91 Å². The van der Waals surface area contributed by atoms with Crippen LogP contribution in [-0.2, 0) is 4.79 Å². The summed E-state index contributed by atoms with van der Waals surface area (Å²) in [7, 11) is 0. The lowest BCUT2D eigenvalue weighted by Crippen LogP contribution is -2.50. The zero-order chi connectivity index (χ0) is 26.8. The number of halogens is 2. The topological polar surface area (TPSA) is 63.5 Å². The quantitative estimate of drug-likeness (QED) is 0.251. The van der Waals surface area contributed by atoms with E-state index in [4.69, 9.17) is 37.9 Å². The highest BCUT2D eigenvalue weighted by atomic mass is 35.5. The molecule has 2 aromatic heterocycles. The third kappa shape index (κ3) is 5.15. The van der Waals surface area contributed by atoms with Gasteiger partial charge in [-0.3, -0.25) is 4.79 Å². The van der Waals surface area contributed by atoms with Crippen LogP contribution in [0.2, 0.25) is 10.0 Å². The number of nitrogens with zero attached hydrogens (tertiary/aromatic N) is 5. The Balaban J connectivity index is 1.25. The largest absolute Gasteiger partial charge is 0.482 e. The lowest BCUT2D eigenvalue weighted by molar-refractivity contribution is -0.133. The van der Waals surface area contributed by atoms with E-state index in [2.05, 4.69) is 39.9 Å². The summed E-state index contributed by atoms with van der Waals surface area (Å²) in [4.78, 5) is 26.4. The summed E-state index contributed by atoms with van der Waals surface area (Å²) < 4.78 is 7.78. The molecule has 5 aromatic rings. The number of anilines is 1. The van der Waals surface area contributed by atoms with E-state index in [1.54, 1.807) is 24.5 Å². The van der Waals surface area contributed by atoms with Gasteiger partial charge in [0.2, 0.25) is 0 Å². The van der Waals surface area contributed by atoms with Crippen LogP contribution >= 0.6 is 23.2 Å². The minimum Gasteiger partial charge on any atom is -0.482 e. The molecular weight excluding hydrogens is 533 g/mol. The summed E-state index contributed by atoms with van der Waals surface area (Å²) in [5.74, 6) is 1.21. The van der Waals surface area contributed by atoms with Crippen molar-refractivity contribution in [3.63, 3.8) is 0 Å². The Bertz CT molecular complexity index is 1620. The van der Waals surface area contributed by atoms with Crippen molar-refractivity contribution in [1.29, 1.82) is 0 Å². The van der Waals surface area contributed by atoms with E-state index in [9.17, 15) is 4.79 Å². The van der Waals surface area contributed by atoms with Crippen LogP contribution in [0.4, 0.5) is 5.82 Å². The van der Waals surface area contributed by atoms with Crippen LogP contribution in [-0.4, -0.2) is 58.1 Å². The molecule has 0 N–H and O–H groups in total. The molecule has 196 valence electrons. The zero-order valence-corrected chi connectivity index (χ0v) is 22.5. The first-order chi connectivity index (χ1) is 19.1. The molecule has 1 fully saturated rings. The predicted molar refractivity (Wildman–Crippen MR) is 155 cm³/mol. The molecule has 1 aliphatic heterocycles. The zero-order valence-electron chi connectivity index (χ0n) is 21.0. The summed E-state index contributed by atoms with van der Waals surface area (Å²) in [6.45, 7) is 2.32. The Labute approximate surface area is 236 Å². The van der Waals surface area contributed by atoms with E-state index in [-0.39, 0.29) is 12.5 Å². The number of benzene rings is 3. The fraction of sp³-hybridized carbons (Fsp3) is 0.167. The lowest BCUT2D eigenvalue weighted by atomic mass is 10.1. The third-order valence-corrected chi connectivity index (χ3v) is 7.39. The van der Waals surface area contributed by atoms with Gasteiger partial charge in [0.1, 0.15) is 17.9 Å². The number of carbonyl (C=O) groups is 1. The molecule has 0 radical (unpaired) electrons. The fourth-order valence-corrected chi connectivity index (χ4v) is 5.36. The Hall–Kier alpha value is -4.07. The molecule has 0 atom stereocenters. The number of hydrogen-bond acceptors (Lipinski definition) is 5. The Morgan fingerprint density at radius 1 is 0.872 bits per heavy atom. The molecule has 3 heterocycles. The highest BCUT2D eigenvalue weighted by Gasteiger charge is 2.26. The maximum Gasteiger partial charge on any atom is 0.260 e. The van der Waals surface area contributed by atoms with Crippen molar-refractivity contribution in [2.45, 2.75) is 0 Å². The van der Waals surface area contributed by atoms with Crippen molar-refractivity contribution in [1.82, 2.24) is 19.4 Å². The van der Waals surface area contributed by atoms with Crippen LogP contribution in [0.15, 0.2) is 91.4 Å². The molecule has 0 bridgehead atoms. The van der Waals surface area contributed by atoms with Gasteiger partial charge in [0, 0.05) is 48.6 Å². The average molecular weight is 558 g/mol. The molecule has 1 saturated heterocycles. The molecule has 9 heteroatoms. The fourth-order valence-electron chi connectivity index (χ4n) is 4.90. The molecule has 39 heavy (non-hydrogen) atoms. The summed E-state index contributed by atoms with van der Waals surface area (Å²) in [6.07, 6.45) is 3.75. The molecule has 7 nitrogen and oxygen atoms in total. The minimum absolute atomic E-state index is 0.0861. The van der Waals surface area contributed by atoms with Gasteiger partial charge in [0.15, 0.2) is 12.3 Å². The van der Waals surface area contributed by atoms with E-state index in [1.165, 1.54) is 0 Å². The van der Waals surface area contributed by atoms with Crippen molar-refractivity contribution >= 4 is 46.0 Å². The van der Waals surface area contributed by atoms with E-state index < -0.39 is 0 Å². The second-order valence-corrected chi connectivity index (χ2v) is 10.1. The number of rotatable bonds is 6. The molecule has 0 saturated carbocycles. The van der Waals surface area contributed by atoms with Gasteiger partial charge in [0.05, 0.1) is 10.4 Å². The van der Waals surface area contributed by atoms with E-state index in [1.807, 2.05) is 41.3 Å². The van der Waals surface area contributed by atoms with Crippen LogP contribution in [0.3, 0.4) is 0 Å². The van der Waals surface area contributed by atoms with Gasteiger partial charge in [-0.2, -0.15) is 0 Å². The average Bonchev–Trinajstić information content (AvgIpc) is 3.38. The molecule has 0 spiro atoms. The van der Waals surface area contributed by atoms with Crippen molar-refractivity contribution in [3.8, 4) is 22.6 Å². The van der Waals surface area contributed by atoms with Crippen LogP contribution in [0, 0.1) is 0 Å². The number of piperazine rings is 1. The van der Waals surface area contributed by atoms with Crippen molar-refractivity contribution in [2.24, 2.45) is 0 Å². The predicted octanol–water partition coefficient (Wildman–Crippen LogP) is 6.12. The number of fused-ring (bicyclic) bond motifs is 1. The van der Waals surface area contributed by atoms with Gasteiger partial charge in [-0.05, 0) is 35.9 Å². The van der Waals surface area contributed by atoms with Gasteiger partial charge in [-0.15, -0.1) is 0 Å². The lowest BCUT2D eigenvalue weighted by Gasteiger charge is -2.35. The molecule has 1 amide bonds. The monoisotopic (exact) mass is 557 g/mol. The van der Waals surface area contributed by atoms with E-state index >= 15 is 0 Å². The molecule has 3 aromatic carbocycles. The second-order valence-electron chi connectivity index (χ2n) is 9.24. The molecular formula is C30H25Cl2N5O2. The van der Waals surface area contributed by atoms with Crippen molar-refractivity contribution < 1.29 is 9.53 Å². The highest BCUT2D eigenvalue weighted by Crippen LogP contribution is 2.37. The van der Waals surface area contributed by atoms with Gasteiger partial charge in [-0.25, -0.2) is 9.97 Å². The molecule has 0 aliphatic carbocycles. The van der Waals surface area contributed by atoms with Crippen LogP contribution in [0.5, 0.6) is 5.75 Å². The first-order valence-corrected chi connectivity index (χ1v) is 13.4. The number of aromatic nitrogens is 3. The standard InChI is InChI=1S/C30H25Cl2N5O2/c31-22-11-12-26(25(32)17-22)39-19-27(38)35-13-15-36(16-14-35)29-28-24(21-7-3-1-4-8-21)18-37(30(28)34-20-33-29)23-9-5-2-6-10-23/h1-12,17-18,20H,13-16,19H2. The number of carbonyl (C=O) groups excluding carboxylic acids is 1. The normalized spacial score (nSPS) is 13.6. The summed E-state index contributed by atoms with van der Waals surface area (Å²) in [6, 6.07) is 25.4. The molecule has 6 rings (SSSR count). The number of ether oxygens (including phenoxy) is 1. The Morgan fingerprint density at radius 3 is 2.31 bits per heavy atom. The van der Waals surface area contributed by atoms with E-state index in [0.29, 0.717) is 42.0 Å². The third-order valence-electron chi connectivity index (χ3n) is 6.86. The number of hydrogen-bond donors (Lipinski definition) is 0. The van der Waals surface area contributed by atoms with Gasteiger partial charge < -0.3 is 19.1 Å². The first kappa shape index (κ1) is 25.2. The van der Waals surface area contributed by atoms with Gasteiger partial charge >= 0.3 is 0 Å². The maximum absolute atomic E-state index is 12.9. The van der Waals surface area contributed by atoms with Crippen molar-refractivity contribution in [3.05, 3.63) is 101 Å². The van der Waals surface area contributed by atoms with E-state index in [0.717, 1.165) is 33.7 Å². The molecule has 1 aliphatic rings. The Kier molecular flexibility index (Phi) is 7.09. The van der Waals surface area contributed by atoms with Crippen LogP contribution < -0.4 is 9.64 Å². The summed E-state index contributed by atoms with van der Waals surface area (Å²) in [5, 5.41) is 1.89. The SMILES string of the molecule is O=C(COc1ccc(Cl)cc1Cl)N1CCN(c2ncnc3c2c(-c2ccccc2)cn3-c2ccccc2)CC1. The summed E-state index contributed by atoms with van der Waals surface area (Å²) in [5.41, 5.74) is 4.04.